The van der Waals surface area contributed by atoms with Crippen molar-refractivity contribution in [2.24, 2.45) is 0 Å². The van der Waals surface area contributed by atoms with Gasteiger partial charge in [-0.2, -0.15) is 0 Å². The van der Waals surface area contributed by atoms with Crippen LogP contribution in [0.15, 0.2) is 17.5 Å². The van der Waals surface area contributed by atoms with Crippen LogP contribution in [0.4, 0.5) is 5.13 Å². The van der Waals surface area contributed by atoms with E-state index in [0.29, 0.717) is 0 Å². The Morgan fingerprint density at radius 3 is 2.95 bits per heavy atom. The van der Waals surface area contributed by atoms with Gasteiger partial charge in [-0.15, -0.1) is 22.7 Å². The van der Waals surface area contributed by atoms with Gasteiger partial charge < -0.3 is 10.2 Å². The molecule has 0 radical (unpaired) electrons. The van der Waals surface area contributed by atoms with Gasteiger partial charge in [0, 0.05) is 35.8 Å². The van der Waals surface area contributed by atoms with Crippen LogP contribution in [0.1, 0.15) is 34.2 Å². The molecule has 2 heterocycles. The summed E-state index contributed by atoms with van der Waals surface area (Å²) in [4.78, 5) is 10.1. The fraction of sp³-hybridized carbons (Fsp3) is 0.533. The van der Waals surface area contributed by atoms with E-state index < -0.39 is 0 Å². The molecule has 1 aliphatic carbocycles. The summed E-state index contributed by atoms with van der Waals surface area (Å²) in [5.74, 6) is 0.731. The van der Waals surface area contributed by atoms with Crippen LogP contribution >= 0.6 is 22.7 Å². The normalized spacial score (nSPS) is 14.7. The van der Waals surface area contributed by atoms with Crippen LogP contribution < -0.4 is 10.2 Å². The first-order chi connectivity index (χ1) is 9.78. The van der Waals surface area contributed by atoms with Gasteiger partial charge in [0.1, 0.15) is 0 Å². The van der Waals surface area contributed by atoms with Crippen molar-refractivity contribution in [3.05, 3.63) is 33.0 Å². The third-order valence-electron chi connectivity index (χ3n) is 3.62. The highest BCUT2D eigenvalue weighted by Crippen LogP contribution is 2.44. The summed E-state index contributed by atoms with van der Waals surface area (Å²) in [6.07, 6.45) is 3.74. The Hall–Kier alpha value is -0.910. The van der Waals surface area contributed by atoms with Crippen molar-refractivity contribution < 1.29 is 0 Å². The van der Waals surface area contributed by atoms with E-state index in [4.69, 9.17) is 4.98 Å². The molecular formula is C15H21N3S2. The predicted molar refractivity (Wildman–Crippen MR) is 88.1 cm³/mol. The number of hydrogen-bond donors (Lipinski definition) is 1. The average molecular weight is 307 g/mol. The van der Waals surface area contributed by atoms with Gasteiger partial charge >= 0.3 is 0 Å². The number of hydrogen-bond acceptors (Lipinski definition) is 5. The zero-order valence-electron chi connectivity index (χ0n) is 12.1. The molecule has 0 spiro atoms. The molecule has 0 atom stereocenters. The Labute approximate surface area is 128 Å². The molecule has 20 heavy (non-hydrogen) atoms. The van der Waals surface area contributed by atoms with Gasteiger partial charge in [-0.05, 0) is 37.8 Å². The summed E-state index contributed by atoms with van der Waals surface area (Å²) in [5, 5.41) is 6.59. The van der Waals surface area contributed by atoms with Gasteiger partial charge in [0.15, 0.2) is 5.13 Å². The second kappa shape index (κ2) is 6.24. The zero-order chi connectivity index (χ0) is 13.9. The van der Waals surface area contributed by atoms with E-state index in [9.17, 15) is 0 Å². The van der Waals surface area contributed by atoms with Gasteiger partial charge in [-0.3, -0.25) is 0 Å². The number of likely N-dealkylation sites (N-methyl/N-ethyl adjacent to an activating group) is 1. The second-order valence-corrected chi connectivity index (χ2v) is 7.45. The van der Waals surface area contributed by atoms with Crippen LogP contribution in [0, 0.1) is 0 Å². The van der Waals surface area contributed by atoms with E-state index in [0.717, 1.165) is 25.4 Å². The molecule has 108 valence electrons. The molecule has 0 amide bonds. The van der Waals surface area contributed by atoms with Gasteiger partial charge in [0.2, 0.25) is 0 Å². The van der Waals surface area contributed by atoms with Crippen LogP contribution in [0.2, 0.25) is 0 Å². The predicted octanol–water partition coefficient (Wildman–Crippen LogP) is 3.48. The topological polar surface area (TPSA) is 28.2 Å². The molecule has 0 bridgehead atoms. The molecule has 2 aromatic rings. The molecular weight excluding hydrogens is 286 g/mol. The van der Waals surface area contributed by atoms with Crippen molar-refractivity contribution >= 4 is 27.8 Å². The van der Waals surface area contributed by atoms with Gasteiger partial charge in [-0.1, -0.05) is 6.07 Å². The first-order valence-corrected chi connectivity index (χ1v) is 8.85. The van der Waals surface area contributed by atoms with E-state index >= 15 is 0 Å². The van der Waals surface area contributed by atoms with Crippen LogP contribution in [0.3, 0.4) is 0 Å². The highest BCUT2D eigenvalue weighted by molar-refractivity contribution is 7.15. The average Bonchev–Trinajstić information content (AvgIpc) is 3.00. The standard InChI is InChI=1S/C15H21N3S2/c1-16-10-13-14(11-5-6-11)17-15(20-13)18(2)8-7-12-4-3-9-19-12/h3-4,9,11,16H,5-8,10H2,1-2H3. The molecule has 1 saturated carbocycles. The molecule has 1 aliphatic rings. The molecule has 1 N–H and O–H groups in total. The maximum Gasteiger partial charge on any atom is 0.185 e. The van der Waals surface area contributed by atoms with E-state index in [1.54, 1.807) is 0 Å². The number of aromatic nitrogens is 1. The van der Waals surface area contributed by atoms with Crippen molar-refractivity contribution in [1.29, 1.82) is 0 Å². The number of anilines is 1. The number of nitrogens with one attached hydrogen (secondary N) is 1. The van der Waals surface area contributed by atoms with Crippen LogP contribution in [-0.4, -0.2) is 25.6 Å². The highest BCUT2D eigenvalue weighted by Gasteiger charge is 2.29. The Morgan fingerprint density at radius 1 is 1.45 bits per heavy atom. The largest absolute Gasteiger partial charge is 0.351 e. The van der Waals surface area contributed by atoms with Crippen molar-refractivity contribution in [2.75, 3.05) is 25.5 Å². The smallest absolute Gasteiger partial charge is 0.185 e. The Bertz CT molecular complexity index is 543. The maximum absolute atomic E-state index is 4.90. The first kappa shape index (κ1) is 14.0. The van der Waals surface area contributed by atoms with Crippen LogP contribution in [-0.2, 0) is 13.0 Å². The summed E-state index contributed by atoms with van der Waals surface area (Å²) in [7, 11) is 4.17. The van der Waals surface area contributed by atoms with E-state index in [-0.39, 0.29) is 0 Å². The van der Waals surface area contributed by atoms with Crippen molar-refractivity contribution in [3.8, 4) is 0 Å². The summed E-state index contributed by atoms with van der Waals surface area (Å²) >= 11 is 3.69. The van der Waals surface area contributed by atoms with Crippen molar-refractivity contribution in [2.45, 2.75) is 31.7 Å². The van der Waals surface area contributed by atoms with Gasteiger partial charge in [0.05, 0.1) is 5.69 Å². The Morgan fingerprint density at radius 2 is 2.30 bits per heavy atom. The summed E-state index contributed by atoms with van der Waals surface area (Å²) < 4.78 is 0. The van der Waals surface area contributed by atoms with Gasteiger partial charge in [0.25, 0.3) is 0 Å². The molecule has 0 saturated heterocycles. The van der Waals surface area contributed by atoms with E-state index in [2.05, 4.69) is 34.8 Å². The van der Waals surface area contributed by atoms with Crippen molar-refractivity contribution in [3.63, 3.8) is 0 Å². The van der Waals surface area contributed by atoms with E-state index in [1.165, 1.54) is 33.4 Å². The Kier molecular flexibility index (Phi) is 4.38. The summed E-state index contributed by atoms with van der Waals surface area (Å²) in [6.45, 7) is 1.99. The lowest BCUT2D eigenvalue weighted by Crippen LogP contribution is -2.19. The SMILES string of the molecule is CNCc1sc(N(C)CCc2cccs2)nc1C1CC1. The molecule has 0 unspecified atom stereocenters. The number of thiophene rings is 1. The zero-order valence-corrected chi connectivity index (χ0v) is 13.7. The number of rotatable bonds is 7. The van der Waals surface area contributed by atoms with Crippen LogP contribution in [0.5, 0.6) is 0 Å². The minimum absolute atomic E-state index is 0.731. The van der Waals surface area contributed by atoms with Crippen LogP contribution in [0.25, 0.3) is 0 Å². The molecule has 1 fully saturated rings. The lowest BCUT2D eigenvalue weighted by Gasteiger charge is -2.14. The van der Waals surface area contributed by atoms with Crippen molar-refractivity contribution in [1.82, 2.24) is 10.3 Å². The molecule has 5 heteroatoms. The number of thiazole rings is 1. The second-order valence-electron chi connectivity index (χ2n) is 5.36. The quantitative estimate of drug-likeness (QED) is 0.849. The van der Waals surface area contributed by atoms with Gasteiger partial charge in [-0.25, -0.2) is 4.98 Å². The lowest BCUT2D eigenvalue weighted by atomic mass is 10.2. The molecule has 0 aliphatic heterocycles. The number of nitrogens with zero attached hydrogens (tertiary/aromatic N) is 2. The fourth-order valence-corrected chi connectivity index (χ4v) is 4.15. The fourth-order valence-electron chi connectivity index (χ4n) is 2.31. The monoisotopic (exact) mass is 307 g/mol. The summed E-state index contributed by atoms with van der Waals surface area (Å²) in [6, 6.07) is 4.34. The molecule has 3 nitrogen and oxygen atoms in total. The third-order valence-corrected chi connectivity index (χ3v) is 5.74. The Balaban J connectivity index is 1.67. The minimum Gasteiger partial charge on any atom is -0.351 e. The lowest BCUT2D eigenvalue weighted by molar-refractivity contribution is 0.811. The van der Waals surface area contributed by atoms with E-state index in [1.807, 2.05) is 29.7 Å². The molecule has 3 rings (SSSR count). The first-order valence-electron chi connectivity index (χ1n) is 7.15. The minimum atomic E-state index is 0.731. The molecule has 2 aromatic heterocycles. The highest BCUT2D eigenvalue weighted by atomic mass is 32.1. The molecule has 0 aromatic carbocycles. The summed E-state index contributed by atoms with van der Waals surface area (Å²) in [5.41, 5.74) is 1.35. The maximum atomic E-state index is 4.90. The third kappa shape index (κ3) is 3.22.